The van der Waals surface area contributed by atoms with Gasteiger partial charge >= 0.3 is 12.0 Å². The van der Waals surface area contributed by atoms with Crippen molar-refractivity contribution in [1.82, 2.24) is 9.97 Å². The van der Waals surface area contributed by atoms with E-state index in [2.05, 4.69) is 9.97 Å². The van der Waals surface area contributed by atoms with Crippen molar-refractivity contribution in [1.29, 1.82) is 0 Å². The number of ether oxygens (including phenoxy) is 2. The SMILES string of the molecule is CCOC(=O)c1cc(Oc2ncc(Cl)cn2)ccc1[N+](=O)[O-]. The van der Waals surface area contributed by atoms with Crippen molar-refractivity contribution in [3.63, 3.8) is 0 Å². The van der Waals surface area contributed by atoms with Crippen molar-refractivity contribution >= 4 is 23.3 Å². The van der Waals surface area contributed by atoms with Gasteiger partial charge in [0.1, 0.15) is 11.3 Å². The highest BCUT2D eigenvalue weighted by Crippen LogP contribution is 2.27. The highest BCUT2D eigenvalue weighted by atomic mass is 35.5. The van der Waals surface area contributed by atoms with Gasteiger partial charge in [-0.2, -0.15) is 0 Å². The lowest BCUT2D eigenvalue weighted by atomic mass is 10.1. The van der Waals surface area contributed by atoms with E-state index >= 15 is 0 Å². The number of benzene rings is 1. The highest BCUT2D eigenvalue weighted by molar-refractivity contribution is 6.30. The Hall–Kier alpha value is -2.74. The van der Waals surface area contributed by atoms with E-state index < -0.39 is 10.9 Å². The second-order valence-electron chi connectivity index (χ2n) is 3.94. The summed E-state index contributed by atoms with van der Waals surface area (Å²) in [5.74, 6) is -0.646. The van der Waals surface area contributed by atoms with Gasteiger partial charge in [0.05, 0.1) is 28.9 Å². The van der Waals surface area contributed by atoms with Gasteiger partial charge in [0.2, 0.25) is 0 Å². The molecule has 8 nitrogen and oxygen atoms in total. The zero-order valence-corrected chi connectivity index (χ0v) is 12.1. The lowest BCUT2D eigenvalue weighted by Gasteiger charge is -2.07. The van der Waals surface area contributed by atoms with Gasteiger partial charge < -0.3 is 9.47 Å². The average molecular weight is 324 g/mol. The molecule has 9 heteroatoms. The Balaban J connectivity index is 2.33. The normalized spacial score (nSPS) is 10.1. The number of nitro groups is 1. The number of hydrogen-bond acceptors (Lipinski definition) is 7. The Morgan fingerprint density at radius 2 is 2.05 bits per heavy atom. The van der Waals surface area contributed by atoms with Gasteiger partial charge in [-0.05, 0) is 13.0 Å². The van der Waals surface area contributed by atoms with Gasteiger partial charge in [-0.15, -0.1) is 0 Å². The van der Waals surface area contributed by atoms with Gasteiger partial charge in [0.25, 0.3) is 5.69 Å². The fourth-order valence-corrected chi connectivity index (χ4v) is 1.67. The minimum atomic E-state index is -0.809. The molecule has 2 rings (SSSR count). The van der Waals surface area contributed by atoms with E-state index in [0.717, 1.165) is 6.07 Å². The van der Waals surface area contributed by atoms with Crippen LogP contribution in [-0.4, -0.2) is 27.5 Å². The fourth-order valence-electron chi connectivity index (χ4n) is 1.57. The second kappa shape index (κ2) is 6.81. The molecule has 114 valence electrons. The number of aromatic nitrogens is 2. The Labute approximate surface area is 129 Å². The van der Waals surface area contributed by atoms with Crippen LogP contribution in [0.25, 0.3) is 0 Å². The first-order chi connectivity index (χ1) is 10.5. The molecular weight excluding hydrogens is 314 g/mol. The lowest BCUT2D eigenvalue weighted by Crippen LogP contribution is -2.08. The standard InChI is InChI=1S/C13H10ClN3O5/c1-2-21-12(18)10-5-9(3-4-11(10)17(19)20)22-13-15-6-8(14)7-16-13/h3-7H,2H2,1H3. The third-order valence-electron chi connectivity index (χ3n) is 2.47. The smallest absolute Gasteiger partial charge is 0.345 e. The summed E-state index contributed by atoms with van der Waals surface area (Å²) in [6.45, 7) is 1.70. The quantitative estimate of drug-likeness (QED) is 0.473. The van der Waals surface area contributed by atoms with E-state index in [0.29, 0.717) is 5.02 Å². The molecule has 0 atom stereocenters. The maximum Gasteiger partial charge on any atom is 0.345 e. The summed E-state index contributed by atoms with van der Waals surface area (Å²) in [5, 5.41) is 11.3. The lowest BCUT2D eigenvalue weighted by molar-refractivity contribution is -0.385. The number of carbonyl (C=O) groups is 1. The van der Waals surface area contributed by atoms with Crippen LogP contribution in [0.15, 0.2) is 30.6 Å². The van der Waals surface area contributed by atoms with Crippen LogP contribution >= 0.6 is 11.6 Å². The monoisotopic (exact) mass is 323 g/mol. The number of rotatable bonds is 5. The molecule has 22 heavy (non-hydrogen) atoms. The molecule has 0 aliphatic carbocycles. The van der Waals surface area contributed by atoms with Gasteiger partial charge in [0.15, 0.2) is 0 Å². The molecule has 0 fully saturated rings. The predicted molar refractivity (Wildman–Crippen MR) is 76.2 cm³/mol. The molecule has 1 aromatic heterocycles. The number of halogens is 1. The van der Waals surface area contributed by atoms with Crippen LogP contribution in [-0.2, 0) is 4.74 Å². The van der Waals surface area contributed by atoms with Crippen molar-refractivity contribution in [3.8, 4) is 11.8 Å². The Kier molecular flexibility index (Phi) is 4.84. The van der Waals surface area contributed by atoms with Crippen LogP contribution in [0.2, 0.25) is 5.02 Å². The number of carbonyl (C=O) groups excluding carboxylic acids is 1. The predicted octanol–water partition coefficient (Wildman–Crippen LogP) is 3.01. The summed E-state index contributed by atoms with van der Waals surface area (Å²) in [5.41, 5.74) is -0.582. The molecule has 0 radical (unpaired) electrons. The summed E-state index contributed by atoms with van der Waals surface area (Å²) in [6, 6.07) is 3.68. The average Bonchev–Trinajstić information content (AvgIpc) is 2.49. The zero-order valence-electron chi connectivity index (χ0n) is 11.4. The van der Waals surface area contributed by atoms with Gasteiger partial charge in [-0.25, -0.2) is 14.8 Å². The third kappa shape index (κ3) is 3.67. The number of hydrogen-bond donors (Lipinski definition) is 0. The Bertz CT molecular complexity index is 705. The maximum atomic E-state index is 11.8. The zero-order chi connectivity index (χ0) is 16.1. The molecule has 0 N–H and O–H groups in total. The van der Waals surface area contributed by atoms with E-state index in [1.165, 1.54) is 24.5 Å². The van der Waals surface area contributed by atoms with E-state index in [-0.39, 0.29) is 29.6 Å². The van der Waals surface area contributed by atoms with Crippen molar-refractivity contribution in [2.24, 2.45) is 0 Å². The van der Waals surface area contributed by atoms with Crippen LogP contribution in [0.5, 0.6) is 11.8 Å². The van der Waals surface area contributed by atoms with Crippen molar-refractivity contribution in [3.05, 3.63) is 51.3 Å². The van der Waals surface area contributed by atoms with Crippen LogP contribution < -0.4 is 4.74 Å². The van der Waals surface area contributed by atoms with Gasteiger partial charge in [-0.3, -0.25) is 10.1 Å². The minimum absolute atomic E-state index is 0.00642. The van der Waals surface area contributed by atoms with Crippen molar-refractivity contribution < 1.29 is 19.2 Å². The van der Waals surface area contributed by atoms with E-state index in [4.69, 9.17) is 21.1 Å². The molecule has 0 aliphatic rings. The molecule has 0 aliphatic heterocycles. The molecule has 0 saturated heterocycles. The second-order valence-corrected chi connectivity index (χ2v) is 4.38. The first kappa shape index (κ1) is 15.6. The van der Waals surface area contributed by atoms with Crippen LogP contribution in [0, 0.1) is 10.1 Å². The van der Waals surface area contributed by atoms with Crippen molar-refractivity contribution in [2.75, 3.05) is 6.61 Å². The highest BCUT2D eigenvalue weighted by Gasteiger charge is 2.22. The summed E-state index contributed by atoms with van der Waals surface area (Å²) >= 11 is 5.66. The number of nitro benzene ring substituents is 1. The maximum absolute atomic E-state index is 11.8. The fraction of sp³-hybridized carbons (Fsp3) is 0.154. The molecule has 1 heterocycles. The summed E-state index contributed by atoms with van der Waals surface area (Å²) in [4.78, 5) is 29.7. The molecular formula is C13H10ClN3O5. The number of esters is 1. The van der Waals surface area contributed by atoms with Crippen LogP contribution in [0.3, 0.4) is 0 Å². The Morgan fingerprint density at radius 3 is 2.64 bits per heavy atom. The molecule has 0 unspecified atom stereocenters. The first-order valence-corrected chi connectivity index (χ1v) is 6.50. The molecule has 1 aromatic carbocycles. The van der Waals surface area contributed by atoms with E-state index in [9.17, 15) is 14.9 Å². The molecule has 0 saturated carbocycles. The largest absolute Gasteiger partial charge is 0.462 e. The van der Waals surface area contributed by atoms with Crippen LogP contribution in [0.4, 0.5) is 5.69 Å². The number of nitrogens with zero attached hydrogens (tertiary/aromatic N) is 3. The molecule has 0 spiro atoms. The summed E-state index contributed by atoms with van der Waals surface area (Å²) in [6.07, 6.45) is 2.67. The van der Waals surface area contributed by atoms with Crippen LogP contribution in [0.1, 0.15) is 17.3 Å². The minimum Gasteiger partial charge on any atom is -0.462 e. The molecule has 0 bridgehead atoms. The first-order valence-electron chi connectivity index (χ1n) is 6.12. The van der Waals surface area contributed by atoms with E-state index in [1.807, 2.05) is 0 Å². The topological polar surface area (TPSA) is 104 Å². The van der Waals surface area contributed by atoms with Gasteiger partial charge in [0, 0.05) is 12.1 Å². The molecule has 2 aromatic rings. The summed E-state index contributed by atoms with van der Waals surface area (Å²) < 4.78 is 10.1. The van der Waals surface area contributed by atoms with E-state index in [1.54, 1.807) is 6.92 Å². The molecule has 0 amide bonds. The third-order valence-corrected chi connectivity index (χ3v) is 2.66. The van der Waals surface area contributed by atoms with Crippen molar-refractivity contribution in [2.45, 2.75) is 6.92 Å². The summed E-state index contributed by atoms with van der Waals surface area (Å²) in [7, 11) is 0. The van der Waals surface area contributed by atoms with Gasteiger partial charge in [-0.1, -0.05) is 11.6 Å². The Morgan fingerprint density at radius 1 is 1.36 bits per heavy atom.